The number of benzene rings is 2. The lowest BCUT2D eigenvalue weighted by Crippen LogP contribution is -2.48. The van der Waals surface area contributed by atoms with Crippen molar-refractivity contribution in [2.75, 3.05) is 38.0 Å². The molecule has 1 N–H and O–H groups in total. The van der Waals surface area contributed by atoms with Gasteiger partial charge < -0.3 is 9.88 Å². The average Bonchev–Trinajstić information content (AvgIpc) is 3.01. The first-order valence-corrected chi connectivity index (χ1v) is 9.49. The molecule has 1 fully saturated rings. The third kappa shape index (κ3) is 4.21. The van der Waals surface area contributed by atoms with E-state index in [4.69, 9.17) is 4.98 Å². The van der Waals surface area contributed by atoms with Crippen LogP contribution in [0.1, 0.15) is 5.82 Å². The molecule has 0 radical (unpaired) electrons. The van der Waals surface area contributed by atoms with E-state index >= 15 is 0 Å². The predicted octanol–water partition coefficient (Wildman–Crippen LogP) is 2.47. The van der Waals surface area contributed by atoms with Crippen molar-refractivity contribution in [2.45, 2.75) is 6.54 Å². The number of aromatic nitrogens is 2. The first-order valence-electron chi connectivity index (χ1n) is 9.49. The fraction of sp³-hybridized carbons (Fsp3) is 0.333. The second-order valence-corrected chi connectivity index (χ2v) is 7.18. The number of nitrogens with one attached hydrogen (secondary N) is 1. The van der Waals surface area contributed by atoms with Crippen LogP contribution in [0.2, 0.25) is 0 Å². The first kappa shape index (κ1) is 18.6. The van der Waals surface area contributed by atoms with Gasteiger partial charge in [0, 0.05) is 38.9 Å². The predicted molar refractivity (Wildman–Crippen MR) is 107 cm³/mol. The molecule has 0 saturated carbocycles. The van der Waals surface area contributed by atoms with Gasteiger partial charge >= 0.3 is 0 Å². The summed E-state index contributed by atoms with van der Waals surface area (Å²) in [5.41, 5.74) is 2.79. The lowest BCUT2D eigenvalue weighted by Gasteiger charge is -2.34. The highest BCUT2D eigenvalue weighted by molar-refractivity contribution is 5.92. The molecule has 1 aromatic heterocycles. The van der Waals surface area contributed by atoms with Gasteiger partial charge in [-0.25, -0.2) is 9.37 Å². The quantitative estimate of drug-likeness (QED) is 0.738. The maximum Gasteiger partial charge on any atom is 0.238 e. The van der Waals surface area contributed by atoms with Gasteiger partial charge in [0.1, 0.15) is 11.6 Å². The van der Waals surface area contributed by atoms with Crippen molar-refractivity contribution in [3.8, 4) is 0 Å². The van der Waals surface area contributed by atoms with Crippen LogP contribution in [0.15, 0.2) is 48.5 Å². The number of halogens is 1. The van der Waals surface area contributed by atoms with Gasteiger partial charge in [-0.05, 0) is 36.4 Å². The lowest BCUT2D eigenvalue weighted by atomic mass is 10.3. The zero-order valence-electron chi connectivity index (χ0n) is 15.9. The van der Waals surface area contributed by atoms with Crippen LogP contribution in [0.3, 0.4) is 0 Å². The number of aryl methyl sites for hydroxylation is 1. The molecule has 0 unspecified atom stereocenters. The number of piperazine rings is 1. The number of rotatable bonds is 5. The van der Waals surface area contributed by atoms with Gasteiger partial charge in [0.2, 0.25) is 5.91 Å². The summed E-state index contributed by atoms with van der Waals surface area (Å²) in [5, 5.41) is 2.82. The second-order valence-electron chi connectivity index (χ2n) is 7.18. The Bertz CT molecular complexity index is 961. The Morgan fingerprint density at radius 1 is 1.04 bits per heavy atom. The maximum absolute atomic E-state index is 12.9. The van der Waals surface area contributed by atoms with E-state index in [1.165, 1.54) is 12.1 Å². The van der Waals surface area contributed by atoms with E-state index in [2.05, 4.69) is 32.8 Å². The van der Waals surface area contributed by atoms with Crippen molar-refractivity contribution in [3.05, 3.63) is 60.2 Å². The number of nitrogens with zero attached hydrogens (tertiary/aromatic N) is 4. The Hall–Kier alpha value is -2.77. The number of fused-ring (bicyclic) bond motifs is 1. The maximum atomic E-state index is 12.9. The van der Waals surface area contributed by atoms with E-state index in [1.807, 2.05) is 18.2 Å². The summed E-state index contributed by atoms with van der Waals surface area (Å²) in [4.78, 5) is 21.5. The van der Waals surface area contributed by atoms with Crippen molar-refractivity contribution >= 4 is 22.6 Å². The molecule has 0 spiro atoms. The summed E-state index contributed by atoms with van der Waals surface area (Å²) in [6.07, 6.45) is 0. The van der Waals surface area contributed by atoms with E-state index < -0.39 is 0 Å². The number of para-hydroxylation sites is 2. The van der Waals surface area contributed by atoms with Crippen molar-refractivity contribution in [1.29, 1.82) is 0 Å². The van der Waals surface area contributed by atoms with Crippen LogP contribution in [-0.4, -0.2) is 58.0 Å². The normalized spacial score (nSPS) is 15.8. The molecule has 28 heavy (non-hydrogen) atoms. The van der Waals surface area contributed by atoms with E-state index in [0.717, 1.165) is 49.6 Å². The van der Waals surface area contributed by atoms with Gasteiger partial charge in [-0.3, -0.25) is 14.6 Å². The number of anilines is 1. The fourth-order valence-electron chi connectivity index (χ4n) is 3.58. The lowest BCUT2D eigenvalue weighted by molar-refractivity contribution is -0.117. The van der Waals surface area contributed by atoms with E-state index in [0.29, 0.717) is 12.2 Å². The van der Waals surface area contributed by atoms with E-state index in [1.54, 1.807) is 12.1 Å². The molecule has 2 aromatic carbocycles. The number of imidazole rings is 1. The minimum atomic E-state index is -0.310. The second kappa shape index (κ2) is 8.08. The first-order chi connectivity index (χ1) is 13.6. The zero-order valence-corrected chi connectivity index (χ0v) is 15.9. The SMILES string of the molecule is Cn1c(CN2CCN(CC(=O)Nc3ccc(F)cc3)CC2)nc2ccccc21. The van der Waals surface area contributed by atoms with Crippen LogP contribution in [0, 0.1) is 5.82 Å². The van der Waals surface area contributed by atoms with Crippen LogP contribution in [-0.2, 0) is 18.4 Å². The van der Waals surface area contributed by atoms with Crippen LogP contribution < -0.4 is 5.32 Å². The summed E-state index contributed by atoms with van der Waals surface area (Å²) in [5.74, 6) is 0.675. The minimum Gasteiger partial charge on any atom is -0.330 e. The van der Waals surface area contributed by atoms with Crippen LogP contribution in [0.5, 0.6) is 0 Å². The van der Waals surface area contributed by atoms with Crippen molar-refractivity contribution < 1.29 is 9.18 Å². The molecule has 3 aromatic rings. The Kier molecular flexibility index (Phi) is 5.36. The molecule has 2 heterocycles. The minimum absolute atomic E-state index is 0.0737. The summed E-state index contributed by atoms with van der Waals surface area (Å²) in [7, 11) is 2.06. The number of hydrogen-bond acceptors (Lipinski definition) is 4. The number of carbonyl (C=O) groups excluding carboxylic acids is 1. The van der Waals surface area contributed by atoms with Gasteiger partial charge in [0.25, 0.3) is 0 Å². The van der Waals surface area contributed by atoms with Crippen LogP contribution >= 0.6 is 0 Å². The highest BCUT2D eigenvalue weighted by Gasteiger charge is 2.20. The molecular weight excluding hydrogens is 357 g/mol. The van der Waals surface area contributed by atoms with Gasteiger partial charge in [0.15, 0.2) is 0 Å². The molecule has 0 atom stereocenters. The van der Waals surface area contributed by atoms with E-state index in [9.17, 15) is 9.18 Å². The Labute approximate surface area is 163 Å². The van der Waals surface area contributed by atoms with E-state index in [-0.39, 0.29) is 11.7 Å². The van der Waals surface area contributed by atoms with Gasteiger partial charge in [-0.1, -0.05) is 12.1 Å². The molecular formula is C21H24FN5O. The van der Waals surface area contributed by atoms with Crippen LogP contribution in [0.25, 0.3) is 11.0 Å². The van der Waals surface area contributed by atoms with Gasteiger partial charge in [0.05, 0.1) is 24.1 Å². The molecule has 0 aliphatic carbocycles. The van der Waals surface area contributed by atoms with Crippen molar-refractivity contribution in [1.82, 2.24) is 19.4 Å². The zero-order chi connectivity index (χ0) is 19.5. The van der Waals surface area contributed by atoms with Crippen molar-refractivity contribution in [3.63, 3.8) is 0 Å². The molecule has 1 saturated heterocycles. The monoisotopic (exact) mass is 381 g/mol. The molecule has 6 nitrogen and oxygen atoms in total. The highest BCUT2D eigenvalue weighted by atomic mass is 19.1. The summed E-state index contributed by atoms with van der Waals surface area (Å²) >= 11 is 0. The van der Waals surface area contributed by atoms with Gasteiger partial charge in [-0.15, -0.1) is 0 Å². The molecule has 1 aliphatic heterocycles. The largest absolute Gasteiger partial charge is 0.330 e. The summed E-state index contributed by atoms with van der Waals surface area (Å²) < 4.78 is 15.1. The smallest absolute Gasteiger partial charge is 0.238 e. The third-order valence-corrected chi connectivity index (χ3v) is 5.20. The molecule has 0 bridgehead atoms. The Balaban J connectivity index is 1.27. The topological polar surface area (TPSA) is 53.4 Å². The van der Waals surface area contributed by atoms with Crippen molar-refractivity contribution in [2.24, 2.45) is 7.05 Å². The number of hydrogen-bond donors (Lipinski definition) is 1. The van der Waals surface area contributed by atoms with Gasteiger partial charge in [-0.2, -0.15) is 0 Å². The fourth-order valence-corrected chi connectivity index (χ4v) is 3.58. The highest BCUT2D eigenvalue weighted by Crippen LogP contribution is 2.16. The molecule has 7 heteroatoms. The number of amides is 1. The standard InChI is InChI=1S/C21H24FN5O/c1-25-19-5-3-2-4-18(19)24-20(25)14-26-10-12-27(13-11-26)15-21(28)23-17-8-6-16(22)7-9-17/h2-9H,10-15H2,1H3,(H,23,28). The third-order valence-electron chi connectivity index (χ3n) is 5.20. The molecule has 146 valence electrons. The molecule has 1 aliphatic rings. The molecule has 1 amide bonds. The Morgan fingerprint density at radius 2 is 1.71 bits per heavy atom. The summed E-state index contributed by atoms with van der Waals surface area (Å²) in [6, 6.07) is 14.0. The molecule has 4 rings (SSSR count). The number of carbonyl (C=O) groups is 1. The Morgan fingerprint density at radius 3 is 2.43 bits per heavy atom. The summed E-state index contributed by atoms with van der Waals surface area (Å²) in [6.45, 7) is 4.61. The van der Waals surface area contributed by atoms with Crippen LogP contribution in [0.4, 0.5) is 10.1 Å². The average molecular weight is 381 g/mol.